The van der Waals surface area contributed by atoms with Gasteiger partial charge in [-0.15, -0.1) is 0 Å². The number of nitrogens with zero attached hydrogens (tertiary/aromatic N) is 9. The van der Waals surface area contributed by atoms with Gasteiger partial charge in [0.05, 0.1) is 18.3 Å². The van der Waals surface area contributed by atoms with E-state index in [0.717, 1.165) is 119 Å². The van der Waals surface area contributed by atoms with Gasteiger partial charge in [-0.2, -0.15) is 0 Å². The standard InChI is InChI=1S/C41H40ClN5.C22H26ClN5/c42-37-21-19-33(20-22-37)39(40-18-10-11-24-43-40)23-25-45-26-28-46(29-27-45)30-38-31-47(32-44-38)41(34-12-4-1-5-13-34,35-14-6-2-7-15-35)36-16-8-3-9-17-36;23-19-6-4-18(5-7-19)21(22-3-1-2-9-25-22)8-10-27-11-13-28(14-12-27)16-20-15-24-17-26-20/h1-22,24,31-32,39H,23,25-30H2;1-7,9,15,17,21H,8,10-14,16H2,(H,24,26). The molecular formula is C63H66Cl2N10. The number of hydrogen-bond donors (Lipinski definition) is 1. The molecule has 2 aliphatic rings. The van der Waals surface area contributed by atoms with Crippen molar-refractivity contribution in [1.82, 2.24) is 49.1 Å². The highest BCUT2D eigenvalue weighted by molar-refractivity contribution is 6.30. The molecule has 0 saturated carbocycles. The predicted octanol–water partition coefficient (Wildman–Crippen LogP) is 11.9. The second kappa shape index (κ2) is 25.7. The highest BCUT2D eigenvalue weighted by Crippen LogP contribution is 2.41. The van der Waals surface area contributed by atoms with E-state index in [2.05, 4.69) is 185 Å². The smallest absolute Gasteiger partial charge is 0.121 e. The molecule has 6 heterocycles. The van der Waals surface area contributed by atoms with Gasteiger partial charge in [0.1, 0.15) is 5.54 Å². The SMILES string of the molecule is Clc1ccc(C(CCN2CCN(Cc3cn(C(c4ccccc4)(c4ccccc4)c4ccccc4)cn3)CC2)c2ccccn2)cc1.Clc1ccc(C(CCN2CCN(Cc3cnc[nH]3)CC2)c2ccccn2)cc1. The highest BCUT2D eigenvalue weighted by atomic mass is 35.5. The van der Waals surface area contributed by atoms with Crippen LogP contribution in [0.25, 0.3) is 0 Å². The van der Waals surface area contributed by atoms with Crippen LogP contribution in [0.2, 0.25) is 10.0 Å². The Balaban J connectivity index is 0.000000195. The van der Waals surface area contributed by atoms with Gasteiger partial charge in [-0.3, -0.25) is 19.8 Å². The minimum atomic E-state index is -0.540. The number of nitrogens with one attached hydrogen (secondary N) is 1. The molecule has 12 heteroatoms. The van der Waals surface area contributed by atoms with Crippen LogP contribution in [-0.4, -0.2) is 115 Å². The molecule has 4 aromatic heterocycles. The first-order valence-corrected chi connectivity index (χ1v) is 27.1. The summed E-state index contributed by atoms with van der Waals surface area (Å²) in [4.78, 5) is 31.8. The zero-order valence-electron chi connectivity index (χ0n) is 42.5. The maximum Gasteiger partial charge on any atom is 0.121 e. The number of piperazine rings is 2. The molecule has 0 spiro atoms. The third kappa shape index (κ3) is 13.2. The summed E-state index contributed by atoms with van der Waals surface area (Å²) in [5.41, 5.74) is 10.1. The van der Waals surface area contributed by atoms with Crippen LogP contribution >= 0.6 is 23.2 Å². The highest BCUT2D eigenvalue weighted by Gasteiger charge is 2.38. The number of H-pyrrole nitrogens is 1. The maximum atomic E-state index is 6.21. The quantitative estimate of drug-likeness (QED) is 0.0851. The first kappa shape index (κ1) is 51.7. The Morgan fingerprint density at radius 1 is 0.467 bits per heavy atom. The largest absolute Gasteiger partial charge is 0.347 e. The molecule has 2 saturated heterocycles. The zero-order chi connectivity index (χ0) is 51.1. The zero-order valence-corrected chi connectivity index (χ0v) is 44.1. The van der Waals surface area contributed by atoms with Gasteiger partial charge in [0.15, 0.2) is 0 Å². The van der Waals surface area contributed by atoms with E-state index in [1.165, 1.54) is 33.5 Å². The fourth-order valence-corrected chi connectivity index (χ4v) is 11.2. The molecular weight excluding hydrogens is 968 g/mol. The lowest BCUT2D eigenvalue weighted by Crippen LogP contribution is -2.46. The predicted molar refractivity (Wildman–Crippen MR) is 303 cm³/mol. The van der Waals surface area contributed by atoms with Crippen molar-refractivity contribution < 1.29 is 0 Å². The van der Waals surface area contributed by atoms with Crippen LogP contribution in [0.4, 0.5) is 0 Å². The lowest BCUT2D eigenvalue weighted by Gasteiger charge is -2.37. The lowest BCUT2D eigenvalue weighted by atomic mass is 9.77. The summed E-state index contributed by atoms with van der Waals surface area (Å²) in [7, 11) is 0. The Morgan fingerprint density at radius 3 is 1.31 bits per heavy atom. The minimum Gasteiger partial charge on any atom is -0.347 e. The molecule has 75 heavy (non-hydrogen) atoms. The Labute approximate surface area is 452 Å². The Morgan fingerprint density at radius 2 is 0.893 bits per heavy atom. The topological polar surface area (TPSA) is 85.2 Å². The fourth-order valence-electron chi connectivity index (χ4n) is 10.9. The number of benzene rings is 5. The number of hydrogen-bond acceptors (Lipinski definition) is 8. The van der Waals surface area contributed by atoms with E-state index in [1.807, 2.05) is 61.3 Å². The summed E-state index contributed by atoms with van der Waals surface area (Å²) in [5.74, 6) is 0.538. The molecule has 9 aromatic rings. The second-order valence-corrected chi connectivity index (χ2v) is 20.6. The summed E-state index contributed by atoms with van der Waals surface area (Å²) in [5, 5.41) is 1.54. The summed E-state index contributed by atoms with van der Waals surface area (Å²) in [6.45, 7) is 12.4. The van der Waals surface area contributed by atoms with Crippen LogP contribution in [0.1, 0.15) is 75.3 Å². The number of pyridine rings is 2. The third-order valence-corrected chi connectivity index (χ3v) is 15.5. The molecule has 2 aliphatic heterocycles. The van der Waals surface area contributed by atoms with Crippen LogP contribution in [-0.2, 0) is 18.6 Å². The van der Waals surface area contributed by atoms with E-state index in [1.54, 1.807) is 6.33 Å². The monoisotopic (exact) mass is 1030 g/mol. The number of imidazole rings is 2. The summed E-state index contributed by atoms with van der Waals surface area (Å²) >= 11 is 12.3. The molecule has 2 unspecified atom stereocenters. The van der Waals surface area contributed by atoms with E-state index in [0.29, 0.717) is 5.92 Å². The third-order valence-electron chi connectivity index (χ3n) is 15.0. The first-order valence-electron chi connectivity index (χ1n) is 26.4. The molecule has 1 N–H and O–H groups in total. The van der Waals surface area contributed by atoms with E-state index in [4.69, 9.17) is 33.2 Å². The van der Waals surface area contributed by atoms with Crippen molar-refractivity contribution >= 4 is 23.2 Å². The number of rotatable bonds is 18. The van der Waals surface area contributed by atoms with Gasteiger partial charge in [0.2, 0.25) is 0 Å². The number of aromatic nitrogens is 6. The van der Waals surface area contributed by atoms with Gasteiger partial charge in [-0.25, -0.2) is 9.97 Å². The Bertz CT molecular complexity index is 2940. The average molecular weight is 1030 g/mol. The van der Waals surface area contributed by atoms with Crippen molar-refractivity contribution in [3.05, 3.63) is 274 Å². The van der Waals surface area contributed by atoms with Crippen LogP contribution < -0.4 is 0 Å². The van der Waals surface area contributed by atoms with E-state index in [-0.39, 0.29) is 5.92 Å². The number of halogens is 2. The molecule has 0 aliphatic carbocycles. The first-order chi connectivity index (χ1) is 37.0. The van der Waals surface area contributed by atoms with Crippen molar-refractivity contribution in [2.45, 2.75) is 43.3 Å². The van der Waals surface area contributed by atoms with Gasteiger partial charge >= 0.3 is 0 Å². The van der Waals surface area contributed by atoms with Crippen molar-refractivity contribution in [2.24, 2.45) is 0 Å². The second-order valence-electron chi connectivity index (χ2n) is 19.7. The normalized spacial score (nSPS) is 15.7. The van der Waals surface area contributed by atoms with Crippen LogP contribution in [0, 0.1) is 0 Å². The summed E-state index contributed by atoms with van der Waals surface area (Å²) in [6, 6.07) is 61.2. The summed E-state index contributed by atoms with van der Waals surface area (Å²) < 4.78 is 2.31. The van der Waals surface area contributed by atoms with Crippen LogP contribution in [0.15, 0.2) is 213 Å². The molecule has 382 valence electrons. The summed E-state index contributed by atoms with van der Waals surface area (Å²) in [6.07, 6.45) is 13.8. The molecule has 11 rings (SSSR count). The van der Waals surface area contributed by atoms with Crippen molar-refractivity contribution in [2.75, 3.05) is 65.4 Å². The fraction of sp³-hybridized carbons (Fsp3) is 0.270. The molecule has 5 aromatic carbocycles. The van der Waals surface area contributed by atoms with E-state index < -0.39 is 5.54 Å². The minimum absolute atomic E-state index is 0.245. The maximum absolute atomic E-state index is 6.21. The van der Waals surface area contributed by atoms with Gasteiger partial charge in [0, 0.05) is 129 Å². The average Bonchev–Trinajstić information content (AvgIpc) is 4.18. The van der Waals surface area contributed by atoms with Crippen molar-refractivity contribution in [1.29, 1.82) is 0 Å². The lowest BCUT2D eigenvalue weighted by molar-refractivity contribution is 0.124. The van der Waals surface area contributed by atoms with Gasteiger partial charge in [-0.1, -0.05) is 151 Å². The molecule has 0 amide bonds. The molecule has 2 atom stereocenters. The van der Waals surface area contributed by atoms with Gasteiger partial charge in [0.25, 0.3) is 0 Å². The van der Waals surface area contributed by atoms with Crippen LogP contribution in [0.3, 0.4) is 0 Å². The Kier molecular flexibility index (Phi) is 17.7. The molecule has 0 bridgehead atoms. The van der Waals surface area contributed by atoms with Gasteiger partial charge < -0.3 is 19.4 Å². The van der Waals surface area contributed by atoms with Crippen molar-refractivity contribution in [3.8, 4) is 0 Å². The molecule has 10 nitrogen and oxygen atoms in total. The van der Waals surface area contributed by atoms with E-state index in [9.17, 15) is 0 Å². The van der Waals surface area contributed by atoms with Crippen molar-refractivity contribution in [3.63, 3.8) is 0 Å². The van der Waals surface area contributed by atoms with Crippen LogP contribution in [0.5, 0.6) is 0 Å². The molecule has 0 radical (unpaired) electrons. The van der Waals surface area contributed by atoms with E-state index >= 15 is 0 Å². The van der Waals surface area contributed by atoms with Gasteiger partial charge in [-0.05, 0) is 102 Å². The molecule has 2 fully saturated rings. The Hall–Kier alpha value is -6.76. The number of aromatic amines is 1.